The SMILES string of the molecule is Cc1ccc(OCC(O)Cn2cnc3cc(F)ccc3c2=O)cc1. The molecule has 3 aromatic rings. The van der Waals surface area contributed by atoms with Gasteiger partial charge in [-0.1, -0.05) is 17.7 Å². The number of aromatic nitrogens is 2. The lowest BCUT2D eigenvalue weighted by Gasteiger charge is -2.14. The van der Waals surface area contributed by atoms with Crippen molar-refractivity contribution in [1.29, 1.82) is 0 Å². The Morgan fingerprint density at radius 3 is 2.75 bits per heavy atom. The van der Waals surface area contributed by atoms with Gasteiger partial charge in [-0.3, -0.25) is 9.36 Å². The minimum absolute atomic E-state index is 0.0466. The molecule has 3 rings (SSSR count). The van der Waals surface area contributed by atoms with Crippen LogP contribution in [0, 0.1) is 12.7 Å². The van der Waals surface area contributed by atoms with Gasteiger partial charge in [0.15, 0.2) is 0 Å². The standard InChI is InChI=1S/C18H17FN2O3/c1-12-2-5-15(6-3-12)24-10-14(22)9-21-11-20-17-8-13(19)4-7-16(17)18(21)23/h2-8,11,14,22H,9-10H2,1H3. The zero-order valence-corrected chi connectivity index (χ0v) is 13.1. The number of ether oxygens (including phenoxy) is 1. The highest BCUT2D eigenvalue weighted by atomic mass is 19.1. The molecule has 0 radical (unpaired) electrons. The summed E-state index contributed by atoms with van der Waals surface area (Å²) in [4.78, 5) is 16.4. The quantitative estimate of drug-likeness (QED) is 0.780. The highest BCUT2D eigenvalue weighted by Gasteiger charge is 2.10. The molecule has 0 saturated heterocycles. The van der Waals surface area contributed by atoms with E-state index in [0.29, 0.717) is 16.7 Å². The zero-order valence-electron chi connectivity index (χ0n) is 13.1. The van der Waals surface area contributed by atoms with E-state index in [9.17, 15) is 14.3 Å². The first-order valence-corrected chi connectivity index (χ1v) is 7.55. The van der Waals surface area contributed by atoms with Crippen LogP contribution < -0.4 is 10.3 Å². The molecular weight excluding hydrogens is 311 g/mol. The van der Waals surface area contributed by atoms with E-state index in [2.05, 4.69) is 4.98 Å². The molecule has 1 aromatic heterocycles. The molecule has 1 unspecified atom stereocenters. The summed E-state index contributed by atoms with van der Waals surface area (Å²) in [5, 5.41) is 10.4. The second-order valence-corrected chi connectivity index (χ2v) is 5.64. The molecule has 1 N–H and O–H groups in total. The molecule has 0 bridgehead atoms. The Bertz CT molecular complexity index is 906. The van der Waals surface area contributed by atoms with Crippen LogP contribution in [0.15, 0.2) is 53.6 Å². The van der Waals surface area contributed by atoms with Crippen LogP contribution in [0.5, 0.6) is 5.75 Å². The van der Waals surface area contributed by atoms with Gasteiger partial charge < -0.3 is 9.84 Å². The highest BCUT2D eigenvalue weighted by molar-refractivity contribution is 5.77. The average Bonchev–Trinajstić information content (AvgIpc) is 2.57. The summed E-state index contributed by atoms with van der Waals surface area (Å²) in [7, 11) is 0. The van der Waals surface area contributed by atoms with Crippen molar-refractivity contribution in [3.05, 3.63) is 70.5 Å². The first-order chi connectivity index (χ1) is 11.5. The van der Waals surface area contributed by atoms with Gasteiger partial charge >= 0.3 is 0 Å². The van der Waals surface area contributed by atoms with E-state index in [1.807, 2.05) is 31.2 Å². The lowest BCUT2D eigenvalue weighted by atomic mass is 10.2. The first-order valence-electron chi connectivity index (χ1n) is 7.55. The molecule has 1 heterocycles. The predicted octanol–water partition coefficient (Wildman–Crippen LogP) is 2.28. The van der Waals surface area contributed by atoms with E-state index in [0.717, 1.165) is 5.56 Å². The molecule has 6 heteroatoms. The predicted molar refractivity (Wildman–Crippen MR) is 88.6 cm³/mol. The molecule has 0 amide bonds. The van der Waals surface area contributed by atoms with Crippen LogP contribution in [-0.2, 0) is 6.54 Å². The fourth-order valence-corrected chi connectivity index (χ4v) is 2.37. The van der Waals surface area contributed by atoms with E-state index in [1.165, 1.54) is 29.1 Å². The maximum atomic E-state index is 13.2. The fourth-order valence-electron chi connectivity index (χ4n) is 2.37. The Balaban J connectivity index is 1.70. The molecule has 24 heavy (non-hydrogen) atoms. The third kappa shape index (κ3) is 3.60. The van der Waals surface area contributed by atoms with Gasteiger partial charge in [-0.05, 0) is 31.2 Å². The molecule has 0 fully saturated rings. The smallest absolute Gasteiger partial charge is 0.261 e. The van der Waals surface area contributed by atoms with Crippen LogP contribution in [0.1, 0.15) is 5.56 Å². The number of nitrogens with zero attached hydrogens (tertiary/aromatic N) is 2. The number of halogens is 1. The van der Waals surface area contributed by atoms with Crippen LogP contribution in [0.25, 0.3) is 10.9 Å². The molecule has 0 aliphatic heterocycles. The van der Waals surface area contributed by atoms with Crippen molar-refractivity contribution in [2.75, 3.05) is 6.61 Å². The monoisotopic (exact) mass is 328 g/mol. The second-order valence-electron chi connectivity index (χ2n) is 5.64. The van der Waals surface area contributed by atoms with Gasteiger partial charge in [0.05, 0.1) is 23.8 Å². The number of aliphatic hydroxyl groups excluding tert-OH is 1. The average molecular weight is 328 g/mol. The number of aliphatic hydroxyl groups is 1. The molecule has 1 atom stereocenters. The molecular formula is C18H17FN2O3. The zero-order chi connectivity index (χ0) is 17.1. The number of rotatable bonds is 5. The fraction of sp³-hybridized carbons (Fsp3) is 0.222. The minimum atomic E-state index is -0.872. The van der Waals surface area contributed by atoms with Crippen molar-refractivity contribution < 1.29 is 14.2 Å². The Morgan fingerprint density at radius 1 is 1.25 bits per heavy atom. The summed E-state index contributed by atoms with van der Waals surface area (Å²) >= 11 is 0. The van der Waals surface area contributed by atoms with Gasteiger partial charge in [0, 0.05) is 6.07 Å². The Hall–Kier alpha value is -2.73. The van der Waals surface area contributed by atoms with E-state index in [-0.39, 0.29) is 18.7 Å². The van der Waals surface area contributed by atoms with Crippen LogP contribution in [0.3, 0.4) is 0 Å². The summed E-state index contributed by atoms with van der Waals surface area (Å²) in [6.45, 7) is 2.08. The van der Waals surface area contributed by atoms with E-state index >= 15 is 0 Å². The van der Waals surface area contributed by atoms with Crippen LogP contribution >= 0.6 is 0 Å². The van der Waals surface area contributed by atoms with Crippen molar-refractivity contribution >= 4 is 10.9 Å². The van der Waals surface area contributed by atoms with Gasteiger partial charge in [0.25, 0.3) is 5.56 Å². The second kappa shape index (κ2) is 6.80. The van der Waals surface area contributed by atoms with E-state index in [1.54, 1.807) is 0 Å². The Labute approximate surface area is 138 Å². The topological polar surface area (TPSA) is 64.3 Å². The van der Waals surface area contributed by atoms with Crippen LogP contribution in [-0.4, -0.2) is 27.4 Å². The summed E-state index contributed by atoms with van der Waals surface area (Å²) in [6, 6.07) is 11.3. The third-order valence-electron chi connectivity index (χ3n) is 3.66. The van der Waals surface area contributed by atoms with Gasteiger partial charge in [-0.2, -0.15) is 0 Å². The molecule has 0 aliphatic carbocycles. The Kier molecular flexibility index (Phi) is 4.57. The van der Waals surface area contributed by atoms with Gasteiger partial charge in [0.1, 0.15) is 24.3 Å². The van der Waals surface area contributed by atoms with Crippen molar-refractivity contribution in [3.8, 4) is 5.75 Å². The van der Waals surface area contributed by atoms with Crippen molar-refractivity contribution in [3.63, 3.8) is 0 Å². The van der Waals surface area contributed by atoms with E-state index < -0.39 is 11.9 Å². The van der Waals surface area contributed by atoms with Crippen LogP contribution in [0.4, 0.5) is 4.39 Å². The number of hydrogen-bond acceptors (Lipinski definition) is 4. The van der Waals surface area contributed by atoms with Crippen LogP contribution in [0.2, 0.25) is 0 Å². The number of benzene rings is 2. The summed E-state index contributed by atoms with van der Waals surface area (Å²) < 4.78 is 20.0. The largest absolute Gasteiger partial charge is 0.491 e. The molecule has 5 nitrogen and oxygen atoms in total. The normalized spacial score (nSPS) is 12.3. The first kappa shape index (κ1) is 16.1. The molecule has 0 aliphatic rings. The Morgan fingerprint density at radius 2 is 2.00 bits per heavy atom. The summed E-state index contributed by atoms with van der Waals surface area (Å²) in [5.74, 6) is 0.206. The van der Waals surface area contributed by atoms with Gasteiger partial charge in [-0.15, -0.1) is 0 Å². The van der Waals surface area contributed by atoms with Crippen molar-refractivity contribution in [2.45, 2.75) is 19.6 Å². The molecule has 0 saturated carbocycles. The lowest BCUT2D eigenvalue weighted by molar-refractivity contribution is 0.0915. The van der Waals surface area contributed by atoms with Gasteiger partial charge in [-0.25, -0.2) is 9.37 Å². The maximum absolute atomic E-state index is 13.2. The van der Waals surface area contributed by atoms with E-state index in [4.69, 9.17) is 4.74 Å². The van der Waals surface area contributed by atoms with Crippen molar-refractivity contribution in [1.82, 2.24) is 9.55 Å². The summed E-state index contributed by atoms with van der Waals surface area (Å²) in [6.07, 6.45) is 0.433. The maximum Gasteiger partial charge on any atom is 0.261 e. The molecule has 124 valence electrons. The van der Waals surface area contributed by atoms with Crippen molar-refractivity contribution in [2.24, 2.45) is 0 Å². The lowest BCUT2D eigenvalue weighted by Crippen LogP contribution is -2.30. The number of hydrogen-bond donors (Lipinski definition) is 1. The minimum Gasteiger partial charge on any atom is -0.491 e. The molecule has 0 spiro atoms. The van der Waals surface area contributed by atoms with Gasteiger partial charge in [0.2, 0.25) is 0 Å². The number of fused-ring (bicyclic) bond motifs is 1. The number of aryl methyl sites for hydroxylation is 1. The molecule has 2 aromatic carbocycles. The third-order valence-corrected chi connectivity index (χ3v) is 3.66. The highest BCUT2D eigenvalue weighted by Crippen LogP contribution is 2.12. The summed E-state index contributed by atoms with van der Waals surface area (Å²) in [5.41, 5.74) is 1.09.